The van der Waals surface area contributed by atoms with E-state index in [-0.39, 0.29) is 17.5 Å². The SMILES string of the molecule is CC(C)(O)CN1CCC(NC(=O)C=Cc2ccc(F)cc2)(C(=O)NCCc2c[nH]c3ccc(F)cc23)CC1. The van der Waals surface area contributed by atoms with Crippen LogP contribution in [-0.2, 0) is 16.0 Å². The molecular weight excluding hydrogens is 490 g/mol. The number of hydrogen-bond donors (Lipinski definition) is 4. The van der Waals surface area contributed by atoms with Crippen LogP contribution >= 0.6 is 0 Å². The second kappa shape index (κ2) is 11.4. The number of β-amino-alcohol motifs (C(OH)–C–C–N with tert-alkyl or cyclic N) is 1. The molecule has 4 rings (SSSR count). The number of hydrogen-bond acceptors (Lipinski definition) is 4. The van der Waals surface area contributed by atoms with Gasteiger partial charge in [-0.05, 0) is 80.6 Å². The van der Waals surface area contributed by atoms with E-state index in [0.717, 1.165) is 16.5 Å². The fraction of sp³-hybridized carbons (Fsp3) is 0.379. The minimum Gasteiger partial charge on any atom is -0.389 e. The predicted octanol–water partition coefficient (Wildman–Crippen LogP) is 3.54. The zero-order valence-electron chi connectivity index (χ0n) is 21.7. The van der Waals surface area contributed by atoms with Gasteiger partial charge in [0.2, 0.25) is 11.8 Å². The van der Waals surface area contributed by atoms with Gasteiger partial charge in [-0.3, -0.25) is 9.59 Å². The summed E-state index contributed by atoms with van der Waals surface area (Å²) < 4.78 is 26.9. The standard InChI is InChI=1S/C29H34F2N4O3/c1-28(2,38)19-35-15-12-29(13-16-35,34-26(36)10-5-20-3-6-22(30)7-4-20)27(37)32-14-11-21-18-33-25-9-8-23(31)17-24(21)25/h3-10,17-18,33,38H,11-16,19H2,1-2H3,(H,32,37)(H,34,36). The van der Waals surface area contributed by atoms with E-state index in [1.165, 1.54) is 30.3 Å². The number of rotatable bonds is 9. The molecule has 2 aromatic carbocycles. The van der Waals surface area contributed by atoms with Crippen LogP contribution in [0, 0.1) is 11.6 Å². The molecule has 1 aliphatic heterocycles. The lowest BCUT2D eigenvalue weighted by Gasteiger charge is -2.42. The Morgan fingerprint density at radius 3 is 2.47 bits per heavy atom. The van der Waals surface area contributed by atoms with Crippen LogP contribution in [0.25, 0.3) is 17.0 Å². The molecule has 1 aromatic heterocycles. The zero-order valence-corrected chi connectivity index (χ0v) is 21.7. The van der Waals surface area contributed by atoms with Crippen molar-refractivity contribution in [1.29, 1.82) is 0 Å². The Hall–Kier alpha value is -3.56. The molecule has 2 amide bonds. The number of H-pyrrole nitrogens is 1. The number of fused-ring (bicyclic) bond motifs is 1. The van der Waals surface area contributed by atoms with E-state index in [4.69, 9.17) is 0 Å². The fourth-order valence-corrected chi connectivity index (χ4v) is 4.91. The number of nitrogens with one attached hydrogen (secondary N) is 3. The summed E-state index contributed by atoms with van der Waals surface area (Å²) in [6.45, 7) is 5.31. The minimum absolute atomic E-state index is 0.282. The first kappa shape index (κ1) is 27.5. The molecule has 38 heavy (non-hydrogen) atoms. The van der Waals surface area contributed by atoms with E-state index in [0.29, 0.717) is 51.0 Å². The Morgan fingerprint density at radius 1 is 1.11 bits per heavy atom. The predicted molar refractivity (Wildman–Crippen MR) is 143 cm³/mol. The van der Waals surface area contributed by atoms with Gasteiger partial charge in [0, 0.05) is 49.4 Å². The number of amides is 2. The van der Waals surface area contributed by atoms with Gasteiger partial charge in [-0.15, -0.1) is 0 Å². The van der Waals surface area contributed by atoms with Crippen molar-refractivity contribution in [3.05, 3.63) is 77.5 Å². The molecule has 1 fully saturated rings. The molecule has 1 aliphatic rings. The molecule has 7 nitrogen and oxygen atoms in total. The van der Waals surface area contributed by atoms with Crippen molar-refractivity contribution in [1.82, 2.24) is 20.5 Å². The van der Waals surface area contributed by atoms with Crippen molar-refractivity contribution in [2.24, 2.45) is 0 Å². The van der Waals surface area contributed by atoms with Crippen LogP contribution in [0.2, 0.25) is 0 Å². The van der Waals surface area contributed by atoms with Gasteiger partial charge in [-0.1, -0.05) is 12.1 Å². The molecule has 202 valence electrons. The van der Waals surface area contributed by atoms with E-state index in [1.54, 1.807) is 38.1 Å². The molecule has 4 N–H and O–H groups in total. The van der Waals surface area contributed by atoms with E-state index >= 15 is 0 Å². The number of carbonyl (C=O) groups excluding carboxylic acids is 2. The largest absolute Gasteiger partial charge is 0.389 e. The summed E-state index contributed by atoms with van der Waals surface area (Å²) in [5.74, 6) is -1.39. The monoisotopic (exact) mass is 524 g/mol. The summed E-state index contributed by atoms with van der Waals surface area (Å²) in [7, 11) is 0. The Labute approximate surface area is 220 Å². The van der Waals surface area contributed by atoms with Gasteiger partial charge in [0.1, 0.15) is 17.2 Å². The van der Waals surface area contributed by atoms with E-state index in [9.17, 15) is 23.5 Å². The molecule has 0 spiro atoms. The molecular formula is C29H34F2N4O3. The third kappa shape index (κ3) is 7.05. The third-order valence-corrected chi connectivity index (χ3v) is 6.82. The van der Waals surface area contributed by atoms with Crippen molar-refractivity contribution < 1.29 is 23.5 Å². The smallest absolute Gasteiger partial charge is 0.245 e. The summed E-state index contributed by atoms with van der Waals surface area (Å²) in [4.78, 5) is 31.5. The summed E-state index contributed by atoms with van der Waals surface area (Å²) >= 11 is 0. The van der Waals surface area contributed by atoms with Gasteiger partial charge >= 0.3 is 0 Å². The number of aromatic nitrogens is 1. The number of carbonyl (C=O) groups is 2. The van der Waals surface area contributed by atoms with E-state index in [2.05, 4.69) is 20.5 Å². The highest BCUT2D eigenvalue weighted by molar-refractivity contribution is 5.97. The second-order valence-corrected chi connectivity index (χ2v) is 10.6. The highest BCUT2D eigenvalue weighted by Gasteiger charge is 2.42. The van der Waals surface area contributed by atoms with Crippen LogP contribution < -0.4 is 10.6 Å². The Balaban J connectivity index is 1.43. The van der Waals surface area contributed by atoms with Gasteiger partial charge in [0.05, 0.1) is 5.60 Å². The van der Waals surface area contributed by atoms with Crippen LogP contribution in [0.15, 0.2) is 54.7 Å². The number of halogens is 2. The van der Waals surface area contributed by atoms with Crippen LogP contribution in [0.5, 0.6) is 0 Å². The Bertz CT molecular complexity index is 1300. The molecule has 0 radical (unpaired) electrons. The Morgan fingerprint density at radius 2 is 1.79 bits per heavy atom. The van der Waals surface area contributed by atoms with Gasteiger partial charge in [-0.2, -0.15) is 0 Å². The lowest BCUT2D eigenvalue weighted by Crippen LogP contribution is -2.63. The number of nitrogens with zero attached hydrogens (tertiary/aromatic N) is 1. The zero-order chi connectivity index (χ0) is 27.3. The van der Waals surface area contributed by atoms with Crippen LogP contribution in [0.3, 0.4) is 0 Å². The minimum atomic E-state index is -1.12. The first-order chi connectivity index (χ1) is 18.0. The second-order valence-electron chi connectivity index (χ2n) is 10.6. The molecule has 2 heterocycles. The molecule has 0 atom stereocenters. The van der Waals surface area contributed by atoms with Gasteiger partial charge in [0.15, 0.2) is 0 Å². The fourth-order valence-electron chi connectivity index (χ4n) is 4.91. The molecule has 0 unspecified atom stereocenters. The lowest BCUT2D eigenvalue weighted by atomic mass is 9.85. The van der Waals surface area contributed by atoms with Crippen molar-refractivity contribution in [2.45, 2.75) is 44.2 Å². The summed E-state index contributed by atoms with van der Waals surface area (Å²) in [5, 5.41) is 16.9. The average Bonchev–Trinajstić information content (AvgIpc) is 3.26. The summed E-state index contributed by atoms with van der Waals surface area (Å²) in [6.07, 6.45) is 5.97. The first-order valence-corrected chi connectivity index (χ1v) is 12.8. The highest BCUT2D eigenvalue weighted by atomic mass is 19.1. The van der Waals surface area contributed by atoms with Gasteiger partial charge in [-0.25, -0.2) is 8.78 Å². The quantitative estimate of drug-likeness (QED) is 0.322. The third-order valence-electron chi connectivity index (χ3n) is 6.82. The number of piperidine rings is 1. The molecule has 0 bridgehead atoms. The van der Waals surface area contributed by atoms with Crippen molar-refractivity contribution in [3.63, 3.8) is 0 Å². The number of aromatic amines is 1. The number of aliphatic hydroxyl groups is 1. The van der Waals surface area contributed by atoms with Crippen LogP contribution in [0.4, 0.5) is 8.78 Å². The first-order valence-electron chi connectivity index (χ1n) is 12.8. The summed E-state index contributed by atoms with van der Waals surface area (Å²) in [5.41, 5.74) is 0.383. The Kier molecular flexibility index (Phi) is 8.28. The summed E-state index contributed by atoms with van der Waals surface area (Å²) in [6, 6.07) is 10.3. The lowest BCUT2D eigenvalue weighted by molar-refractivity contribution is -0.134. The molecule has 3 aromatic rings. The normalized spacial score (nSPS) is 16.1. The molecule has 0 aliphatic carbocycles. The maximum absolute atomic E-state index is 13.7. The van der Waals surface area contributed by atoms with Crippen molar-refractivity contribution >= 4 is 28.8 Å². The number of benzene rings is 2. The molecule has 0 saturated carbocycles. The number of likely N-dealkylation sites (tertiary alicyclic amines) is 1. The van der Waals surface area contributed by atoms with Gasteiger partial charge < -0.3 is 25.6 Å². The van der Waals surface area contributed by atoms with Crippen LogP contribution in [0.1, 0.15) is 37.8 Å². The maximum atomic E-state index is 13.7. The molecule has 1 saturated heterocycles. The van der Waals surface area contributed by atoms with E-state index in [1.807, 2.05) is 6.20 Å². The average molecular weight is 525 g/mol. The van der Waals surface area contributed by atoms with Crippen LogP contribution in [-0.4, -0.2) is 64.1 Å². The highest BCUT2D eigenvalue weighted by Crippen LogP contribution is 2.25. The maximum Gasteiger partial charge on any atom is 0.245 e. The van der Waals surface area contributed by atoms with Crippen molar-refractivity contribution in [2.75, 3.05) is 26.2 Å². The topological polar surface area (TPSA) is 97.5 Å². The molecule has 9 heteroatoms. The van der Waals surface area contributed by atoms with Gasteiger partial charge in [0.25, 0.3) is 0 Å². The van der Waals surface area contributed by atoms with E-state index < -0.39 is 17.0 Å². The van der Waals surface area contributed by atoms with Crippen molar-refractivity contribution in [3.8, 4) is 0 Å².